The van der Waals surface area contributed by atoms with Crippen molar-refractivity contribution < 1.29 is 18.7 Å². The number of ether oxygens (including phenoxy) is 1. The van der Waals surface area contributed by atoms with Crippen LogP contribution >= 0.6 is 0 Å². The minimum atomic E-state index is -1.05. The van der Waals surface area contributed by atoms with Gasteiger partial charge in [-0.2, -0.15) is 0 Å². The van der Waals surface area contributed by atoms with Crippen LogP contribution in [0.25, 0.3) is 0 Å². The summed E-state index contributed by atoms with van der Waals surface area (Å²) in [4.78, 5) is 23.2. The van der Waals surface area contributed by atoms with Crippen molar-refractivity contribution >= 4 is 11.9 Å². The van der Waals surface area contributed by atoms with Gasteiger partial charge in [0, 0.05) is 5.56 Å². The maximum atomic E-state index is 13.6. The van der Waals surface area contributed by atoms with Gasteiger partial charge in [0.05, 0.1) is 0 Å². The number of alkyl carbamates (subject to hydrolysis) is 1. The summed E-state index contributed by atoms with van der Waals surface area (Å²) in [5.41, 5.74) is -0.554. The van der Waals surface area contributed by atoms with Crippen LogP contribution in [-0.4, -0.2) is 17.5 Å². The van der Waals surface area contributed by atoms with Crippen LogP contribution in [0, 0.1) is 5.82 Å². The Labute approximate surface area is 112 Å². The average molecular weight is 267 g/mol. The number of Topliss-reactive ketones (excluding diaryl/α,β-unsaturated/α-hetero) is 1. The monoisotopic (exact) mass is 267 g/mol. The highest BCUT2D eigenvalue weighted by Gasteiger charge is 2.25. The molecule has 1 atom stereocenters. The van der Waals surface area contributed by atoms with Crippen LogP contribution in [0.5, 0.6) is 0 Å². The predicted molar refractivity (Wildman–Crippen MR) is 69.2 cm³/mol. The lowest BCUT2D eigenvalue weighted by molar-refractivity contribution is -0.119. The van der Waals surface area contributed by atoms with Crippen molar-refractivity contribution in [1.29, 1.82) is 0 Å². The number of hydrogen-bond acceptors (Lipinski definition) is 3. The van der Waals surface area contributed by atoms with Crippen molar-refractivity contribution in [2.24, 2.45) is 0 Å². The topological polar surface area (TPSA) is 55.4 Å². The summed E-state index contributed by atoms with van der Waals surface area (Å²) in [7, 11) is 0. The standard InChI is InChI=1S/C14H18FNO3/c1-9(17)12(10-7-5-6-8-11(10)15)16-13(18)19-14(2,3)4/h5-8,12H,1-4H3,(H,16,18). The van der Waals surface area contributed by atoms with Gasteiger partial charge in [-0.15, -0.1) is 0 Å². The Hall–Kier alpha value is -1.91. The number of amides is 1. The number of benzene rings is 1. The Bertz CT molecular complexity index is 480. The Morgan fingerprint density at radius 3 is 2.32 bits per heavy atom. The molecule has 0 saturated carbocycles. The van der Waals surface area contributed by atoms with E-state index in [0.717, 1.165) is 0 Å². The third-order valence-corrected chi connectivity index (χ3v) is 2.28. The van der Waals surface area contributed by atoms with Crippen molar-refractivity contribution in [2.75, 3.05) is 0 Å². The van der Waals surface area contributed by atoms with Crippen LogP contribution in [0.1, 0.15) is 39.3 Å². The molecule has 0 saturated heterocycles. The molecule has 1 unspecified atom stereocenters. The summed E-state index contributed by atoms with van der Waals surface area (Å²) in [6, 6.07) is 4.77. The summed E-state index contributed by atoms with van der Waals surface area (Å²) in [5, 5.41) is 2.38. The van der Waals surface area contributed by atoms with E-state index >= 15 is 0 Å². The lowest BCUT2D eigenvalue weighted by atomic mass is 10.0. The second-order valence-electron chi connectivity index (χ2n) is 5.21. The second-order valence-corrected chi connectivity index (χ2v) is 5.21. The van der Waals surface area contributed by atoms with Gasteiger partial charge in [0.2, 0.25) is 0 Å². The van der Waals surface area contributed by atoms with Crippen molar-refractivity contribution in [2.45, 2.75) is 39.3 Å². The number of halogens is 1. The van der Waals surface area contributed by atoms with E-state index in [1.54, 1.807) is 26.8 Å². The molecule has 5 heteroatoms. The normalized spacial score (nSPS) is 12.7. The largest absolute Gasteiger partial charge is 0.444 e. The highest BCUT2D eigenvalue weighted by atomic mass is 19.1. The fraction of sp³-hybridized carbons (Fsp3) is 0.429. The third kappa shape index (κ3) is 4.69. The molecule has 0 spiro atoms. The van der Waals surface area contributed by atoms with E-state index in [9.17, 15) is 14.0 Å². The molecule has 0 bridgehead atoms. The maximum Gasteiger partial charge on any atom is 0.408 e. The minimum Gasteiger partial charge on any atom is -0.444 e. The lowest BCUT2D eigenvalue weighted by Crippen LogP contribution is -2.37. The van der Waals surface area contributed by atoms with Crippen LogP contribution in [-0.2, 0) is 9.53 Å². The van der Waals surface area contributed by atoms with E-state index in [1.165, 1.54) is 25.1 Å². The number of carbonyl (C=O) groups is 2. The van der Waals surface area contributed by atoms with Crippen LogP contribution in [0.3, 0.4) is 0 Å². The van der Waals surface area contributed by atoms with E-state index in [-0.39, 0.29) is 11.3 Å². The summed E-state index contributed by atoms with van der Waals surface area (Å²) in [6.07, 6.45) is -0.754. The molecule has 104 valence electrons. The molecule has 0 aliphatic rings. The molecule has 1 rings (SSSR count). The number of carbonyl (C=O) groups excluding carboxylic acids is 2. The molecule has 0 heterocycles. The van der Waals surface area contributed by atoms with Gasteiger partial charge in [-0.25, -0.2) is 9.18 Å². The Morgan fingerprint density at radius 2 is 1.84 bits per heavy atom. The maximum absolute atomic E-state index is 13.6. The highest BCUT2D eigenvalue weighted by molar-refractivity contribution is 5.86. The van der Waals surface area contributed by atoms with E-state index in [4.69, 9.17) is 4.74 Å². The summed E-state index contributed by atoms with van der Waals surface area (Å²) >= 11 is 0. The lowest BCUT2D eigenvalue weighted by Gasteiger charge is -2.22. The van der Waals surface area contributed by atoms with Crippen molar-refractivity contribution in [3.63, 3.8) is 0 Å². The number of hydrogen-bond donors (Lipinski definition) is 1. The Kier molecular flexibility index (Phi) is 4.64. The first-order chi connectivity index (χ1) is 8.70. The molecule has 1 N–H and O–H groups in total. The number of rotatable bonds is 3. The van der Waals surface area contributed by atoms with Gasteiger partial charge in [0.1, 0.15) is 17.5 Å². The Balaban J connectivity index is 2.89. The quantitative estimate of drug-likeness (QED) is 0.916. The van der Waals surface area contributed by atoms with Gasteiger partial charge in [0.25, 0.3) is 0 Å². The van der Waals surface area contributed by atoms with Crippen LogP contribution in [0.15, 0.2) is 24.3 Å². The molecule has 1 aromatic carbocycles. The zero-order chi connectivity index (χ0) is 14.6. The van der Waals surface area contributed by atoms with Crippen molar-refractivity contribution in [3.05, 3.63) is 35.6 Å². The summed E-state index contributed by atoms with van der Waals surface area (Å²) in [5.74, 6) is -0.908. The third-order valence-electron chi connectivity index (χ3n) is 2.28. The molecule has 0 aliphatic carbocycles. The first-order valence-electron chi connectivity index (χ1n) is 5.95. The molecule has 1 amide bonds. The first-order valence-corrected chi connectivity index (χ1v) is 5.95. The minimum absolute atomic E-state index is 0.126. The molecular formula is C14H18FNO3. The van der Waals surface area contributed by atoms with E-state index in [2.05, 4.69) is 5.32 Å². The van der Waals surface area contributed by atoms with Crippen LogP contribution in [0.4, 0.5) is 9.18 Å². The van der Waals surface area contributed by atoms with Gasteiger partial charge in [-0.3, -0.25) is 4.79 Å². The van der Waals surface area contributed by atoms with Gasteiger partial charge in [0.15, 0.2) is 5.78 Å². The van der Waals surface area contributed by atoms with E-state index < -0.39 is 23.6 Å². The fourth-order valence-corrected chi connectivity index (χ4v) is 1.53. The van der Waals surface area contributed by atoms with Gasteiger partial charge < -0.3 is 10.1 Å². The second kappa shape index (κ2) is 5.82. The van der Waals surface area contributed by atoms with Gasteiger partial charge >= 0.3 is 6.09 Å². The fourth-order valence-electron chi connectivity index (χ4n) is 1.53. The number of nitrogens with one attached hydrogen (secondary N) is 1. The zero-order valence-electron chi connectivity index (χ0n) is 11.5. The van der Waals surface area contributed by atoms with E-state index in [1.807, 2.05) is 0 Å². The molecule has 0 fully saturated rings. The first kappa shape index (κ1) is 15.1. The summed E-state index contributed by atoms with van der Waals surface area (Å²) < 4.78 is 18.7. The molecule has 0 aliphatic heterocycles. The van der Waals surface area contributed by atoms with Crippen molar-refractivity contribution in [1.82, 2.24) is 5.32 Å². The van der Waals surface area contributed by atoms with Gasteiger partial charge in [-0.05, 0) is 33.8 Å². The highest BCUT2D eigenvalue weighted by Crippen LogP contribution is 2.18. The molecular weight excluding hydrogens is 249 g/mol. The molecule has 19 heavy (non-hydrogen) atoms. The average Bonchev–Trinajstić information content (AvgIpc) is 2.24. The molecule has 0 radical (unpaired) electrons. The number of ketones is 1. The smallest absolute Gasteiger partial charge is 0.408 e. The van der Waals surface area contributed by atoms with Crippen LogP contribution < -0.4 is 5.32 Å². The molecule has 1 aromatic rings. The van der Waals surface area contributed by atoms with Gasteiger partial charge in [-0.1, -0.05) is 18.2 Å². The molecule has 0 aromatic heterocycles. The zero-order valence-corrected chi connectivity index (χ0v) is 11.5. The van der Waals surface area contributed by atoms with E-state index in [0.29, 0.717) is 0 Å². The molecule has 4 nitrogen and oxygen atoms in total. The van der Waals surface area contributed by atoms with Crippen molar-refractivity contribution in [3.8, 4) is 0 Å². The SMILES string of the molecule is CC(=O)C(NC(=O)OC(C)(C)C)c1ccccc1F. The predicted octanol–water partition coefficient (Wildman–Crippen LogP) is 2.98. The Morgan fingerprint density at radius 1 is 1.26 bits per heavy atom. The summed E-state index contributed by atoms with van der Waals surface area (Å²) in [6.45, 7) is 6.41. The van der Waals surface area contributed by atoms with Crippen LogP contribution in [0.2, 0.25) is 0 Å².